The number of unbranched alkanes of at least 4 members (excludes halogenated alkanes) is 1. The first kappa shape index (κ1) is 28.3. The number of carbonyl (C=O) groups is 1. The molecule has 6 nitrogen and oxygen atoms in total. The summed E-state index contributed by atoms with van der Waals surface area (Å²) in [7, 11) is 1.62. The van der Waals surface area contributed by atoms with Crippen molar-refractivity contribution in [3.63, 3.8) is 0 Å². The van der Waals surface area contributed by atoms with Crippen LogP contribution in [0.1, 0.15) is 44.1 Å². The quantitative estimate of drug-likeness (QED) is 0.144. The second-order valence-corrected chi connectivity index (χ2v) is 8.52. The lowest BCUT2D eigenvalue weighted by atomic mass is 10.0. The van der Waals surface area contributed by atoms with Crippen LogP contribution in [0.4, 0.5) is 5.69 Å². The van der Waals surface area contributed by atoms with Crippen LogP contribution in [0.25, 0.3) is 0 Å². The minimum absolute atomic E-state index is 0.511. The van der Waals surface area contributed by atoms with Crippen LogP contribution in [0, 0.1) is 5.41 Å². The van der Waals surface area contributed by atoms with E-state index >= 15 is 0 Å². The van der Waals surface area contributed by atoms with Gasteiger partial charge in [0.2, 0.25) is 0 Å². The van der Waals surface area contributed by atoms with Crippen LogP contribution >= 0.6 is 23.2 Å². The van der Waals surface area contributed by atoms with Crippen molar-refractivity contribution in [3.8, 4) is 0 Å². The molecule has 180 valence electrons. The Morgan fingerprint density at radius 1 is 1.16 bits per heavy atom. The number of alkyl halides is 2. The minimum atomic E-state index is -0.872. The van der Waals surface area contributed by atoms with Crippen molar-refractivity contribution >= 4 is 40.6 Å². The molecular weight excluding hydrogens is 449 g/mol. The number of aryl methyl sites for hydroxylation is 1. The number of aliphatic carboxylic acids is 1. The van der Waals surface area contributed by atoms with E-state index in [4.69, 9.17) is 33.3 Å². The maximum absolute atomic E-state index is 11.6. The number of anilines is 1. The fraction of sp³-hybridized carbons (Fsp3) is 0.583. The summed E-state index contributed by atoms with van der Waals surface area (Å²) in [5.74, 6) is 0.222. The number of rotatable bonds is 19. The number of ether oxygens (including phenoxy) is 1. The summed E-state index contributed by atoms with van der Waals surface area (Å²) in [5.41, 5.74) is 3.62. The average Bonchev–Trinajstić information content (AvgIpc) is 2.78. The highest BCUT2D eigenvalue weighted by Crippen LogP contribution is 2.17. The first-order valence-electron chi connectivity index (χ1n) is 11.1. The Labute approximate surface area is 202 Å². The zero-order valence-electron chi connectivity index (χ0n) is 19.0. The first-order valence-corrected chi connectivity index (χ1v) is 12.2. The zero-order valence-corrected chi connectivity index (χ0v) is 20.6. The van der Waals surface area contributed by atoms with Crippen LogP contribution in [0.15, 0.2) is 36.5 Å². The normalized spacial score (nSPS) is 11.7. The van der Waals surface area contributed by atoms with Crippen LogP contribution in [-0.4, -0.2) is 61.4 Å². The third-order valence-corrected chi connectivity index (χ3v) is 5.57. The summed E-state index contributed by atoms with van der Waals surface area (Å²) in [6, 6.07) is 7.62. The topological polar surface area (TPSA) is 85.7 Å². The second kappa shape index (κ2) is 16.8. The van der Waals surface area contributed by atoms with Crippen molar-refractivity contribution in [2.75, 3.05) is 43.5 Å². The van der Waals surface area contributed by atoms with Crippen molar-refractivity contribution in [2.24, 2.45) is 0 Å². The smallest absolute Gasteiger partial charge is 0.326 e. The first-order chi connectivity index (χ1) is 15.4. The number of methoxy groups -OCH3 is 1. The van der Waals surface area contributed by atoms with E-state index in [-0.39, 0.29) is 0 Å². The number of allylic oxidation sites excluding steroid dienone is 1. The molecule has 0 bridgehead atoms. The van der Waals surface area contributed by atoms with Gasteiger partial charge in [-0.15, -0.1) is 23.2 Å². The molecule has 0 aliphatic rings. The lowest BCUT2D eigenvalue weighted by molar-refractivity contribution is -0.139. The molecule has 1 aromatic carbocycles. The van der Waals surface area contributed by atoms with E-state index in [0.29, 0.717) is 49.8 Å². The van der Waals surface area contributed by atoms with E-state index in [1.807, 2.05) is 0 Å². The van der Waals surface area contributed by atoms with Gasteiger partial charge in [0, 0.05) is 55.5 Å². The summed E-state index contributed by atoms with van der Waals surface area (Å²) in [4.78, 5) is 13.8. The predicted molar refractivity (Wildman–Crippen MR) is 135 cm³/mol. The molecule has 0 spiro atoms. The number of hydrogen-bond acceptors (Lipinski definition) is 5. The molecule has 0 aromatic heterocycles. The molecular formula is C24H37Cl2N3O3. The molecule has 1 aromatic rings. The van der Waals surface area contributed by atoms with E-state index in [2.05, 4.69) is 41.1 Å². The average molecular weight is 486 g/mol. The summed E-state index contributed by atoms with van der Waals surface area (Å²) in [6.07, 6.45) is 4.81. The molecule has 0 saturated carbocycles. The largest absolute Gasteiger partial charge is 0.480 e. The van der Waals surface area contributed by atoms with E-state index in [9.17, 15) is 9.90 Å². The van der Waals surface area contributed by atoms with Gasteiger partial charge < -0.3 is 25.5 Å². The minimum Gasteiger partial charge on any atom is -0.480 e. The Morgan fingerprint density at radius 3 is 2.38 bits per heavy atom. The molecule has 1 atom stereocenters. The number of nitrogens with zero attached hydrogens (tertiary/aromatic N) is 1. The second-order valence-electron chi connectivity index (χ2n) is 7.76. The molecule has 0 saturated heterocycles. The van der Waals surface area contributed by atoms with Gasteiger partial charge in [-0.05, 0) is 49.8 Å². The summed E-state index contributed by atoms with van der Waals surface area (Å²) < 4.78 is 4.97. The van der Waals surface area contributed by atoms with Gasteiger partial charge in [-0.2, -0.15) is 0 Å². The Bertz CT molecular complexity index is 692. The standard InChI is InChI=1S/C24H37Cl2N3O3/c1-19(28-23(24(30)31)6-4-3-5-21(27)13-18-32-2)7-8-20-9-11-22(12-10-20)29(16-14-25)17-15-26/h9-12,23,27-28H,1,3-8,13-18H2,2H3,(H,30,31). The van der Waals surface area contributed by atoms with E-state index in [1.54, 1.807) is 7.11 Å². The highest BCUT2D eigenvalue weighted by molar-refractivity contribution is 6.18. The lowest BCUT2D eigenvalue weighted by Gasteiger charge is -2.23. The van der Waals surface area contributed by atoms with Crippen LogP contribution in [0.2, 0.25) is 0 Å². The molecule has 3 N–H and O–H groups in total. The predicted octanol–water partition coefficient (Wildman–Crippen LogP) is 5.08. The van der Waals surface area contributed by atoms with Crippen LogP contribution < -0.4 is 10.2 Å². The van der Waals surface area contributed by atoms with E-state index < -0.39 is 12.0 Å². The molecule has 1 rings (SSSR count). The number of hydrogen-bond donors (Lipinski definition) is 3. The van der Waals surface area contributed by atoms with Gasteiger partial charge in [0.15, 0.2) is 0 Å². The molecule has 8 heteroatoms. The third kappa shape index (κ3) is 11.7. The highest BCUT2D eigenvalue weighted by Gasteiger charge is 2.17. The maximum Gasteiger partial charge on any atom is 0.326 e. The molecule has 0 heterocycles. The van der Waals surface area contributed by atoms with Crippen molar-refractivity contribution in [3.05, 3.63) is 42.1 Å². The molecule has 0 aliphatic carbocycles. The molecule has 0 radical (unpaired) electrons. The third-order valence-electron chi connectivity index (χ3n) is 5.23. The number of benzene rings is 1. The fourth-order valence-electron chi connectivity index (χ4n) is 3.36. The van der Waals surface area contributed by atoms with Crippen LogP contribution in [0.3, 0.4) is 0 Å². The van der Waals surface area contributed by atoms with Gasteiger partial charge in [0.25, 0.3) is 0 Å². The Kier molecular flexibility index (Phi) is 14.9. The number of nitrogens with one attached hydrogen (secondary N) is 2. The van der Waals surface area contributed by atoms with Gasteiger partial charge in [-0.1, -0.05) is 25.1 Å². The monoisotopic (exact) mass is 485 g/mol. The van der Waals surface area contributed by atoms with Crippen molar-refractivity contribution in [1.29, 1.82) is 5.41 Å². The van der Waals surface area contributed by atoms with Gasteiger partial charge >= 0.3 is 5.97 Å². The fourth-order valence-corrected chi connectivity index (χ4v) is 3.76. The van der Waals surface area contributed by atoms with Gasteiger partial charge in [-0.25, -0.2) is 4.79 Å². The van der Waals surface area contributed by atoms with Gasteiger partial charge in [0.1, 0.15) is 6.04 Å². The molecule has 0 fully saturated rings. The van der Waals surface area contributed by atoms with Crippen molar-refractivity contribution in [1.82, 2.24) is 5.32 Å². The molecule has 0 amide bonds. The van der Waals surface area contributed by atoms with Crippen molar-refractivity contribution in [2.45, 2.75) is 51.0 Å². The molecule has 32 heavy (non-hydrogen) atoms. The summed E-state index contributed by atoms with van der Waals surface area (Å²) >= 11 is 11.8. The van der Waals surface area contributed by atoms with E-state index in [1.165, 1.54) is 0 Å². The van der Waals surface area contributed by atoms with Crippen LogP contribution in [0.5, 0.6) is 0 Å². The zero-order chi connectivity index (χ0) is 23.8. The maximum atomic E-state index is 11.6. The number of halogens is 2. The van der Waals surface area contributed by atoms with Gasteiger partial charge in [0.05, 0.1) is 6.61 Å². The Balaban J connectivity index is 2.43. The lowest BCUT2D eigenvalue weighted by Crippen LogP contribution is -2.35. The number of carboxylic acids is 1. The summed E-state index contributed by atoms with van der Waals surface area (Å²) in [6.45, 7) is 6.07. The van der Waals surface area contributed by atoms with Crippen molar-refractivity contribution < 1.29 is 14.6 Å². The Hall–Kier alpha value is -1.76. The number of carboxylic acid groups (broad SMARTS) is 1. The Morgan fingerprint density at radius 2 is 1.81 bits per heavy atom. The molecule has 0 aliphatic heterocycles. The summed E-state index contributed by atoms with van der Waals surface area (Å²) in [5, 5.41) is 20.4. The van der Waals surface area contributed by atoms with E-state index in [0.717, 1.165) is 49.3 Å². The molecule has 1 unspecified atom stereocenters. The highest BCUT2D eigenvalue weighted by atomic mass is 35.5. The van der Waals surface area contributed by atoms with Crippen LogP contribution in [-0.2, 0) is 16.0 Å². The van der Waals surface area contributed by atoms with Gasteiger partial charge in [-0.3, -0.25) is 0 Å². The SMILES string of the molecule is C=C(CCc1ccc(N(CCCl)CCCl)cc1)NC(CCCCC(=N)CCOC)C(=O)O.